The summed E-state index contributed by atoms with van der Waals surface area (Å²) in [5.74, 6) is 2.42. The molecule has 0 aliphatic carbocycles. The van der Waals surface area contributed by atoms with E-state index in [2.05, 4.69) is 67.8 Å². The van der Waals surface area contributed by atoms with Crippen molar-refractivity contribution in [2.24, 2.45) is 0 Å². The van der Waals surface area contributed by atoms with Crippen molar-refractivity contribution in [1.82, 2.24) is 25.1 Å². The van der Waals surface area contributed by atoms with E-state index in [-0.39, 0.29) is 0 Å². The second-order valence-electron chi connectivity index (χ2n) is 6.46. The lowest BCUT2D eigenvalue weighted by atomic mass is 10.1. The highest BCUT2D eigenvalue weighted by Crippen LogP contribution is 2.20. The van der Waals surface area contributed by atoms with Crippen molar-refractivity contribution in [3.05, 3.63) is 60.0 Å². The lowest BCUT2D eigenvalue weighted by Gasteiger charge is -2.08. The molecule has 4 rings (SSSR count). The summed E-state index contributed by atoms with van der Waals surface area (Å²) in [7, 11) is 0. The number of anilines is 3. The highest BCUT2D eigenvalue weighted by atomic mass is 15.2. The van der Waals surface area contributed by atoms with Crippen LogP contribution in [0.15, 0.2) is 48.8 Å². The van der Waals surface area contributed by atoms with Crippen molar-refractivity contribution < 1.29 is 0 Å². The molecule has 3 aromatic heterocycles. The van der Waals surface area contributed by atoms with Crippen molar-refractivity contribution in [3.8, 4) is 0 Å². The molecule has 0 amide bonds. The van der Waals surface area contributed by atoms with Gasteiger partial charge in [0.05, 0.1) is 0 Å². The fourth-order valence-corrected chi connectivity index (χ4v) is 2.82. The van der Waals surface area contributed by atoms with Gasteiger partial charge in [0.25, 0.3) is 0 Å². The Morgan fingerprint density at radius 2 is 2.04 bits per heavy atom. The van der Waals surface area contributed by atoms with Gasteiger partial charge in [-0.2, -0.15) is 10.1 Å². The molecule has 0 atom stereocenters. The Morgan fingerprint density at radius 1 is 1.12 bits per heavy atom. The third kappa shape index (κ3) is 3.37. The van der Waals surface area contributed by atoms with E-state index in [1.807, 2.05) is 24.4 Å². The summed E-state index contributed by atoms with van der Waals surface area (Å²) >= 11 is 0. The van der Waals surface area contributed by atoms with Crippen LogP contribution in [0, 0.1) is 0 Å². The molecule has 7 nitrogen and oxygen atoms in total. The van der Waals surface area contributed by atoms with Gasteiger partial charge in [0.1, 0.15) is 5.82 Å². The fourth-order valence-electron chi connectivity index (χ4n) is 2.82. The van der Waals surface area contributed by atoms with Crippen LogP contribution in [0.5, 0.6) is 0 Å². The van der Waals surface area contributed by atoms with Crippen LogP contribution >= 0.6 is 0 Å². The van der Waals surface area contributed by atoms with Crippen LogP contribution < -0.4 is 10.6 Å². The monoisotopic (exact) mass is 347 g/mol. The van der Waals surface area contributed by atoms with E-state index in [1.54, 1.807) is 6.20 Å². The van der Waals surface area contributed by atoms with Crippen LogP contribution in [0.3, 0.4) is 0 Å². The van der Waals surface area contributed by atoms with E-state index in [0.29, 0.717) is 24.2 Å². The number of rotatable bonds is 6. The molecule has 7 heteroatoms. The molecule has 0 radical (unpaired) electrons. The molecule has 3 heterocycles. The minimum Gasteiger partial charge on any atom is -0.361 e. The number of nitrogens with zero attached hydrogens (tertiary/aromatic N) is 3. The summed E-state index contributed by atoms with van der Waals surface area (Å²) in [6.45, 7) is 4.89. The van der Waals surface area contributed by atoms with E-state index < -0.39 is 0 Å². The predicted molar refractivity (Wildman–Crippen MR) is 104 cm³/mol. The minimum absolute atomic E-state index is 0.400. The van der Waals surface area contributed by atoms with Crippen LogP contribution in [0.4, 0.5) is 17.6 Å². The number of hydrogen-bond acceptors (Lipinski definition) is 5. The van der Waals surface area contributed by atoms with Crippen molar-refractivity contribution in [1.29, 1.82) is 0 Å². The summed E-state index contributed by atoms with van der Waals surface area (Å²) in [6, 6.07) is 12.1. The third-order valence-corrected chi connectivity index (χ3v) is 4.25. The maximum absolute atomic E-state index is 4.51. The van der Waals surface area contributed by atoms with Gasteiger partial charge in [-0.05, 0) is 29.7 Å². The smallest absolute Gasteiger partial charge is 0.224 e. The highest BCUT2D eigenvalue weighted by molar-refractivity contribution is 5.83. The van der Waals surface area contributed by atoms with Gasteiger partial charge in [-0.25, -0.2) is 4.98 Å². The van der Waals surface area contributed by atoms with Gasteiger partial charge in [-0.15, -0.1) is 0 Å². The molecular formula is C19H21N7. The Balaban J connectivity index is 1.46. The van der Waals surface area contributed by atoms with Crippen molar-refractivity contribution in [2.45, 2.75) is 26.3 Å². The van der Waals surface area contributed by atoms with Crippen molar-refractivity contribution in [2.75, 3.05) is 10.6 Å². The van der Waals surface area contributed by atoms with Crippen LogP contribution in [-0.4, -0.2) is 25.1 Å². The Morgan fingerprint density at radius 3 is 2.88 bits per heavy atom. The van der Waals surface area contributed by atoms with Crippen LogP contribution in [-0.2, 0) is 6.54 Å². The summed E-state index contributed by atoms with van der Waals surface area (Å²) < 4.78 is 0. The third-order valence-electron chi connectivity index (χ3n) is 4.25. The zero-order valence-corrected chi connectivity index (χ0v) is 14.7. The van der Waals surface area contributed by atoms with E-state index in [4.69, 9.17) is 0 Å². The van der Waals surface area contributed by atoms with Crippen LogP contribution in [0.1, 0.15) is 31.0 Å². The normalized spacial score (nSPS) is 11.2. The van der Waals surface area contributed by atoms with Crippen molar-refractivity contribution in [3.63, 3.8) is 0 Å². The lowest BCUT2D eigenvalue weighted by Crippen LogP contribution is -2.05. The Bertz CT molecular complexity index is 1020. The number of nitrogens with one attached hydrogen (secondary N) is 4. The lowest BCUT2D eigenvalue weighted by molar-refractivity contribution is 0.811. The number of fused-ring (bicyclic) bond motifs is 1. The number of H-pyrrole nitrogens is 2. The molecule has 0 bridgehead atoms. The second-order valence-corrected chi connectivity index (χ2v) is 6.46. The van der Waals surface area contributed by atoms with Crippen LogP contribution in [0.25, 0.3) is 10.9 Å². The first-order valence-corrected chi connectivity index (χ1v) is 8.63. The van der Waals surface area contributed by atoms with Gasteiger partial charge in [-0.1, -0.05) is 26.0 Å². The molecule has 0 saturated heterocycles. The second kappa shape index (κ2) is 6.87. The number of aromatic nitrogens is 5. The van der Waals surface area contributed by atoms with E-state index in [1.165, 1.54) is 10.9 Å². The molecule has 0 unspecified atom stereocenters. The van der Waals surface area contributed by atoms with E-state index in [0.717, 1.165) is 17.0 Å². The first kappa shape index (κ1) is 16.1. The molecule has 4 aromatic rings. The van der Waals surface area contributed by atoms with E-state index in [9.17, 15) is 0 Å². The van der Waals surface area contributed by atoms with Crippen molar-refractivity contribution >= 4 is 28.5 Å². The summed E-state index contributed by atoms with van der Waals surface area (Å²) in [5, 5.41) is 15.0. The zero-order valence-electron chi connectivity index (χ0n) is 14.7. The molecule has 0 spiro atoms. The Hall–Kier alpha value is -3.35. The Kier molecular flexibility index (Phi) is 4.27. The quantitative estimate of drug-likeness (QED) is 0.420. The number of aromatic amines is 2. The average molecular weight is 347 g/mol. The van der Waals surface area contributed by atoms with Gasteiger partial charge in [-0.3, -0.25) is 5.10 Å². The zero-order chi connectivity index (χ0) is 17.9. The van der Waals surface area contributed by atoms with Gasteiger partial charge in [0.15, 0.2) is 5.82 Å². The van der Waals surface area contributed by atoms with Gasteiger partial charge >= 0.3 is 0 Å². The molecule has 1 aromatic carbocycles. The maximum Gasteiger partial charge on any atom is 0.224 e. The summed E-state index contributed by atoms with van der Waals surface area (Å²) in [6.07, 6.45) is 3.68. The fraction of sp³-hybridized carbons (Fsp3) is 0.211. The Labute approximate surface area is 151 Å². The molecule has 0 aliphatic heterocycles. The van der Waals surface area contributed by atoms with E-state index >= 15 is 0 Å². The van der Waals surface area contributed by atoms with Gasteiger partial charge < -0.3 is 15.6 Å². The standard InChI is InChI=1S/C19H21N7/c1-12(2)16-10-18(26-25-16)23-17-7-9-21-19(24-17)22-11-13-4-3-5-15-14(13)6-8-20-15/h3-10,12,20H,11H2,1-2H3,(H3,21,22,23,24,25,26). The summed E-state index contributed by atoms with van der Waals surface area (Å²) in [5.41, 5.74) is 3.40. The average Bonchev–Trinajstić information content (AvgIpc) is 3.29. The largest absolute Gasteiger partial charge is 0.361 e. The molecule has 26 heavy (non-hydrogen) atoms. The molecule has 132 valence electrons. The molecule has 0 saturated carbocycles. The maximum atomic E-state index is 4.51. The predicted octanol–water partition coefficient (Wildman–Crippen LogP) is 4.16. The van der Waals surface area contributed by atoms with Gasteiger partial charge in [0.2, 0.25) is 5.95 Å². The highest BCUT2D eigenvalue weighted by Gasteiger charge is 2.07. The first-order chi connectivity index (χ1) is 12.7. The minimum atomic E-state index is 0.400. The van der Waals surface area contributed by atoms with Crippen LogP contribution in [0.2, 0.25) is 0 Å². The topological polar surface area (TPSA) is 94.3 Å². The number of hydrogen-bond donors (Lipinski definition) is 4. The first-order valence-electron chi connectivity index (χ1n) is 8.63. The SMILES string of the molecule is CC(C)c1cc(Nc2ccnc(NCc3cccc4[nH]ccc34)n2)n[nH]1. The molecule has 0 fully saturated rings. The summed E-state index contributed by atoms with van der Waals surface area (Å²) in [4.78, 5) is 12.0. The molecular weight excluding hydrogens is 326 g/mol. The molecule has 4 N–H and O–H groups in total. The number of benzene rings is 1. The molecule has 0 aliphatic rings. The van der Waals surface area contributed by atoms with Gasteiger partial charge in [0, 0.05) is 41.6 Å².